The Hall–Kier alpha value is -1.95. The maximum atomic E-state index is 14.0. The molecule has 2 aliphatic rings. The summed E-state index contributed by atoms with van der Waals surface area (Å²) >= 11 is 6.24. The van der Waals surface area contributed by atoms with E-state index < -0.39 is 5.41 Å². The molecule has 160 valence electrons. The third-order valence-electron chi connectivity index (χ3n) is 6.43. The van der Waals surface area contributed by atoms with E-state index >= 15 is 0 Å². The molecule has 0 bridgehead atoms. The van der Waals surface area contributed by atoms with E-state index in [4.69, 9.17) is 16.3 Å². The molecular weight excluding hydrogens is 403 g/mol. The fourth-order valence-electron chi connectivity index (χ4n) is 4.74. The molecule has 2 aliphatic heterocycles. The van der Waals surface area contributed by atoms with Crippen LogP contribution in [0.15, 0.2) is 48.5 Å². The van der Waals surface area contributed by atoms with Gasteiger partial charge in [0.05, 0.1) is 11.5 Å². The summed E-state index contributed by atoms with van der Waals surface area (Å²) < 4.78 is 19.5. The minimum absolute atomic E-state index is 0.0531. The fraction of sp³-hybridized carbons (Fsp3) is 0.458. The lowest BCUT2D eigenvalue weighted by Gasteiger charge is -2.37. The average molecular weight is 431 g/mol. The van der Waals surface area contributed by atoms with Gasteiger partial charge in [-0.05, 0) is 74.2 Å². The van der Waals surface area contributed by atoms with E-state index in [9.17, 15) is 9.18 Å². The third-order valence-corrected chi connectivity index (χ3v) is 6.66. The molecule has 6 heteroatoms. The van der Waals surface area contributed by atoms with Crippen LogP contribution in [-0.4, -0.2) is 43.7 Å². The van der Waals surface area contributed by atoms with E-state index in [0.717, 1.165) is 37.1 Å². The highest BCUT2D eigenvalue weighted by Gasteiger charge is 2.42. The van der Waals surface area contributed by atoms with Gasteiger partial charge in [-0.25, -0.2) is 4.39 Å². The van der Waals surface area contributed by atoms with Gasteiger partial charge in [0, 0.05) is 24.8 Å². The molecule has 0 saturated carbocycles. The summed E-state index contributed by atoms with van der Waals surface area (Å²) in [5.41, 5.74) is 1.07. The second-order valence-electron chi connectivity index (χ2n) is 8.23. The van der Waals surface area contributed by atoms with E-state index in [1.165, 1.54) is 12.1 Å². The summed E-state index contributed by atoms with van der Waals surface area (Å²) in [5.74, 6) is -0.373. The summed E-state index contributed by atoms with van der Waals surface area (Å²) in [6.45, 7) is 3.50. The van der Waals surface area contributed by atoms with Crippen LogP contribution < -0.4 is 5.32 Å². The lowest BCUT2D eigenvalue weighted by Crippen LogP contribution is -2.50. The quantitative estimate of drug-likeness (QED) is 0.734. The Balaban J connectivity index is 1.56. The van der Waals surface area contributed by atoms with Gasteiger partial charge < -0.3 is 10.1 Å². The lowest BCUT2D eigenvalue weighted by atomic mass is 9.73. The summed E-state index contributed by atoms with van der Waals surface area (Å²) in [5, 5.41) is 3.90. The zero-order valence-electron chi connectivity index (χ0n) is 17.1. The van der Waals surface area contributed by atoms with Crippen LogP contribution >= 0.6 is 11.6 Å². The maximum absolute atomic E-state index is 14.0. The molecule has 30 heavy (non-hydrogen) atoms. The first-order valence-corrected chi connectivity index (χ1v) is 11.1. The molecule has 4 nitrogen and oxygen atoms in total. The number of hydrogen-bond acceptors (Lipinski definition) is 3. The summed E-state index contributed by atoms with van der Waals surface area (Å²) in [4.78, 5) is 15.9. The van der Waals surface area contributed by atoms with Crippen LogP contribution in [0.25, 0.3) is 0 Å². The smallest absolute Gasteiger partial charge is 0.230 e. The maximum Gasteiger partial charge on any atom is 0.230 e. The highest BCUT2D eigenvalue weighted by atomic mass is 35.5. The van der Waals surface area contributed by atoms with Gasteiger partial charge >= 0.3 is 0 Å². The average Bonchev–Trinajstić information content (AvgIpc) is 3.29. The van der Waals surface area contributed by atoms with Crippen molar-refractivity contribution in [3.8, 4) is 0 Å². The molecule has 2 saturated heterocycles. The molecule has 2 aromatic rings. The second-order valence-corrected chi connectivity index (χ2v) is 8.67. The molecule has 1 N–H and O–H groups in total. The Morgan fingerprint density at radius 2 is 1.87 bits per heavy atom. The first-order chi connectivity index (χ1) is 14.6. The standard InChI is InChI=1S/C24H28ClFN2O2/c25-20-7-3-5-18(15-20)22(28-11-1-2-12-28)17-27-23(29)24(9-13-30-14-10-24)19-6-4-8-21(26)16-19/h3-8,15-16,22H,1-2,9-14,17H2,(H,27,29). The first-order valence-electron chi connectivity index (χ1n) is 10.7. The van der Waals surface area contributed by atoms with Crippen molar-refractivity contribution in [2.24, 2.45) is 0 Å². The number of rotatable bonds is 6. The van der Waals surface area contributed by atoms with Gasteiger partial charge in [0.2, 0.25) is 5.91 Å². The topological polar surface area (TPSA) is 41.6 Å². The molecule has 4 rings (SSSR count). The Labute approximate surface area is 182 Å². The van der Waals surface area contributed by atoms with Crippen molar-refractivity contribution in [2.75, 3.05) is 32.8 Å². The lowest BCUT2D eigenvalue weighted by molar-refractivity contribution is -0.130. The first kappa shape index (κ1) is 21.3. The number of benzene rings is 2. The normalized spacial score (nSPS) is 20.1. The van der Waals surface area contributed by atoms with Gasteiger partial charge in [-0.15, -0.1) is 0 Å². The van der Waals surface area contributed by atoms with Crippen LogP contribution in [0.3, 0.4) is 0 Å². The van der Waals surface area contributed by atoms with Gasteiger partial charge in [-0.3, -0.25) is 9.69 Å². The number of halogens is 2. The largest absolute Gasteiger partial charge is 0.381 e. The van der Waals surface area contributed by atoms with Crippen LogP contribution in [0.1, 0.15) is 42.9 Å². The van der Waals surface area contributed by atoms with Crippen molar-refractivity contribution in [1.29, 1.82) is 0 Å². The highest BCUT2D eigenvalue weighted by molar-refractivity contribution is 6.30. The molecule has 2 fully saturated rings. The number of nitrogens with zero attached hydrogens (tertiary/aromatic N) is 1. The highest BCUT2D eigenvalue weighted by Crippen LogP contribution is 2.36. The van der Waals surface area contributed by atoms with Crippen molar-refractivity contribution in [3.63, 3.8) is 0 Å². The number of nitrogens with one attached hydrogen (secondary N) is 1. The van der Waals surface area contributed by atoms with Gasteiger partial charge in [-0.1, -0.05) is 35.9 Å². The Morgan fingerprint density at radius 1 is 1.13 bits per heavy atom. The van der Waals surface area contributed by atoms with Gasteiger partial charge in [0.15, 0.2) is 0 Å². The van der Waals surface area contributed by atoms with Crippen LogP contribution in [-0.2, 0) is 14.9 Å². The molecule has 0 radical (unpaired) electrons. The fourth-order valence-corrected chi connectivity index (χ4v) is 4.94. The van der Waals surface area contributed by atoms with E-state index in [1.54, 1.807) is 6.07 Å². The molecule has 2 heterocycles. The number of ether oxygens (including phenoxy) is 1. The number of likely N-dealkylation sites (tertiary alicyclic amines) is 1. The van der Waals surface area contributed by atoms with Crippen molar-refractivity contribution < 1.29 is 13.9 Å². The Kier molecular flexibility index (Phi) is 6.71. The number of amides is 1. The van der Waals surface area contributed by atoms with Gasteiger partial charge in [0.1, 0.15) is 5.82 Å². The molecular formula is C24H28ClFN2O2. The number of carbonyl (C=O) groups is 1. The second kappa shape index (κ2) is 9.46. The molecule has 1 atom stereocenters. The van der Waals surface area contributed by atoms with Crippen molar-refractivity contribution in [3.05, 3.63) is 70.5 Å². The Morgan fingerprint density at radius 3 is 2.57 bits per heavy atom. The van der Waals surface area contributed by atoms with Crippen molar-refractivity contribution >= 4 is 17.5 Å². The predicted molar refractivity (Wildman–Crippen MR) is 116 cm³/mol. The van der Waals surface area contributed by atoms with E-state index in [1.807, 2.05) is 24.3 Å². The van der Waals surface area contributed by atoms with Gasteiger partial charge in [-0.2, -0.15) is 0 Å². The monoisotopic (exact) mass is 430 g/mol. The third kappa shape index (κ3) is 4.53. The molecule has 1 unspecified atom stereocenters. The molecule has 0 aromatic heterocycles. The SMILES string of the molecule is O=C(NCC(c1cccc(Cl)c1)N1CCCC1)C1(c2cccc(F)c2)CCOCC1. The summed E-state index contributed by atoms with van der Waals surface area (Å²) in [7, 11) is 0. The van der Waals surface area contributed by atoms with E-state index in [-0.39, 0.29) is 17.8 Å². The number of carbonyl (C=O) groups excluding carboxylic acids is 1. The minimum Gasteiger partial charge on any atom is -0.381 e. The summed E-state index contributed by atoms with van der Waals surface area (Å²) in [6, 6.07) is 14.4. The van der Waals surface area contributed by atoms with Crippen LogP contribution in [0, 0.1) is 5.82 Å². The molecule has 2 aromatic carbocycles. The molecule has 1 amide bonds. The zero-order chi connectivity index (χ0) is 21.0. The van der Waals surface area contributed by atoms with Crippen LogP contribution in [0.5, 0.6) is 0 Å². The van der Waals surface area contributed by atoms with Crippen molar-refractivity contribution in [1.82, 2.24) is 10.2 Å². The Bertz CT molecular complexity index is 879. The molecule has 0 aliphatic carbocycles. The van der Waals surface area contributed by atoms with Crippen LogP contribution in [0.4, 0.5) is 4.39 Å². The van der Waals surface area contributed by atoms with Crippen LogP contribution in [0.2, 0.25) is 5.02 Å². The van der Waals surface area contributed by atoms with Gasteiger partial charge in [0.25, 0.3) is 0 Å². The number of hydrogen-bond donors (Lipinski definition) is 1. The van der Waals surface area contributed by atoms with Crippen molar-refractivity contribution in [2.45, 2.75) is 37.1 Å². The molecule has 0 spiro atoms. The van der Waals surface area contributed by atoms with E-state index in [2.05, 4.69) is 16.3 Å². The summed E-state index contributed by atoms with van der Waals surface area (Å²) in [6.07, 6.45) is 3.42. The van der Waals surface area contributed by atoms with E-state index in [0.29, 0.717) is 37.6 Å². The predicted octanol–water partition coefficient (Wildman–Crippen LogP) is 4.48. The zero-order valence-corrected chi connectivity index (χ0v) is 17.8. The minimum atomic E-state index is -0.760.